The van der Waals surface area contributed by atoms with Gasteiger partial charge in [-0.3, -0.25) is 4.72 Å². The zero-order valence-electron chi connectivity index (χ0n) is 11.8. The van der Waals surface area contributed by atoms with Gasteiger partial charge in [0.1, 0.15) is 10.0 Å². The van der Waals surface area contributed by atoms with Gasteiger partial charge in [-0.2, -0.15) is 0 Å². The van der Waals surface area contributed by atoms with Crippen molar-refractivity contribution < 1.29 is 12.8 Å². The maximum absolute atomic E-state index is 13.7. The van der Waals surface area contributed by atoms with Gasteiger partial charge in [-0.15, -0.1) is 11.3 Å². The van der Waals surface area contributed by atoms with Gasteiger partial charge >= 0.3 is 0 Å². The molecule has 0 radical (unpaired) electrons. The monoisotopic (exact) mass is 328 g/mol. The van der Waals surface area contributed by atoms with Gasteiger partial charge in [0.25, 0.3) is 10.0 Å². The number of sulfonamides is 1. The van der Waals surface area contributed by atoms with E-state index in [-0.39, 0.29) is 9.90 Å². The number of likely N-dealkylation sites (N-methyl/N-ethyl adjacent to an activating group) is 1. The predicted molar refractivity (Wildman–Crippen MR) is 83.9 cm³/mol. The van der Waals surface area contributed by atoms with E-state index in [1.807, 2.05) is 7.05 Å². The molecule has 0 fully saturated rings. The fraction of sp³-hybridized carbons (Fsp3) is 0.286. The van der Waals surface area contributed by atoms with E-state index < -0.39 is 15.8 Å². The second-order valence-electron chi connectivity index (χ2n) is 4.66. The van der Waals surface area contributed by atoms with Crippen molar-refractivity contribution in [3.63, 3.8) is 0 Å². The molecular formula is C14H17FN2O2S2. The molecule has 0 bridgehead atoms. The lowest BCUT2D eigenvalue weighted by Crippen LogP contribution is -2.12. The SMILES string of the molecule is CNCCc1ccc(S(=O)(=O)Nc2ccc(C)cc2F)s1. The number of hydrogen-bond acceptors (Lipinski definition) is 4. The summed E-state index contributed by atoms with van der Waals surface area (Å²) >= 11 is 1.20. The van der Waals surface area contributed by atoms with Crippen LogP contribution in [0, 0.1) is 12.7 Å². The van der Waals surface area contributed by atoms with E-state index in [0.717, 1.165) is 23.4 Å². The molecule has 2 rings (SSSR count). The first-order valence-corrected chi connectivity index (χ1v) is 8.74. The zero-order valence-corrected chi connectivity index (χ0v) is 13.4. The average molecular weight is 328 g/mol. The summed E-state index contributed by atoms with van der Waals surface area (Å²) in [4.78, 5) is 0.967. The highest BCUT2D eigenvalue weighted by molar-refractivity contribution is 7.94. The fourth-order valence-corrected chi connectivity index (χ4v) is 4.21. The van der Waals surface area contributed by atoms with Crippen molar-refractivity contribution in [2.75, 3.05) is 18.3 Å². The Morgan fingerprint density at radius 3 is 2.67 bits per heavy atom. The third-order valence-electron chi connectivity index (χ3n) is 2.89. The number of benzene rings is 1. The number of anilines is 1. The normalized spacial score (nSPS) is 11.6. The Balaban J connectivity index is 2.19. The van der Waals surface area contributed by atoms with Crippen LogP contribution in [-0.2, 0) is 16.4 Å². The summed E-state index contributed by atoms with van der Waals surface area (Å²) in [5, 5.41) is 3.01. The van der Waals surface area contributed by atoms with Gasteiger partial charge in [-0.1, -0.05) is 6.07 Å². The van der Waals surface area contributed by atoms with E-state index in [2.05, 4.69) is 10.0 Å². The van der Waals surface area contributed by atoms with Crippen LogP contribution in [0.1, 0.15) is 10.4 Å². The molecular weight excluding hydrogens is 311 g/mol. The maximum Gasteiger partial charge on any atom is 0.271 e. The van der Waals surface area contributed by atoms with Crippen LogP contribution in [0.15, 0.2) is 34.5 Å². The Labute approximate surface area is 128 Å². The molecule has 21 heavy (non-hydrogen) atoms. The highest BCUT2D eigenvalue weighted by Crippen LogP contribution is 2.25. The molecule has 0 amide bonds. The molecule has 2 aromatic rings. The Hall–Kier alpha value is -1.44. The van der Waals surface area contributed by atoms with Crippen LogP contribution in [-0.4, -0.2) is 22.0 Å². The van der Waals surface area contributed by atoms with Crippen molar-refractivity contribution in [3.8, 4) is 0 Å². The van der Waals surface area contributed by atoms with Gasteiger partial charge in [0, 0.05) is 4.88 Å². The molecule has 1 aromatic carbocycles. The Kier molecular flexibility index (Phi) is 4.97. The van der Waals surface area contributed by atoms with E-state index in [0.29, 0.717) is 0 Å². The standard InChI is InChI=1S/C14H17FN2O2S2/c1-10-3-5-13(12(15)9-10)17-21(18,19)14-6-4-11(20-14)7-8-16-2/h3-6,9,16-17H,7-8H2,1-2H3. The van der Waals surface area contributed by atoms with Crippen molar-refractivity contribution in [2.45, 2.75) is 17.6 Å². The van der Waals surface area contributed by atoms with Crippen LogP contribution in [0.3, 0.4) is 0 Å². The van der Waals surface area contributed by atoms with Crippen molar-refractivity contribution in [1.29, 1.82) is 0 Å². The summed E-state index contributed by atoms with van der Waals surface area (Å²) in [6, 6.07) is 7.71. The Bertz CT molecular complexity index is 726. The third-order valence-corrected chi connectivity index (χ3v) is 5.89. The van der Waals surface area contributed by atoms with Crippen molar-refractivity contribution in [1.82, 2.24) is 5.32 Å². The third kappa shape index (κ3) is 4.03. The second-order valence-corrected chi connectivity index (χ2v) is 7.74. The summed E-state index contributed by atoms with van der Waals surface area (Å²) in [7, 11) is -1.90. The minimum Gasteiger partial charge on any atom is -0.319 e. The quantitative estimate of drug-likeness (QED) is 0.857. The molecule has 0 unspecified atom stereocenters. The van der Waals surface area contributed by atoms with E-state index in [1.165, 1.54) is 23.5 Å². The smallest absolute Gasteiger partial charge is 0.271 e. The van der Waals surface area contributed by atoms with Crippen LogP contribution in [0.2, 0.25) is 0 Å². The second kappa shape index (κ2) is 6.55. The molecule has 114 valence electrons. The van der Waals surface area contributed by atoms with Crippen molar-refractivity contribution >= 4 is 27.0 Å². The predicted octanol–water partition coefficient (Wildman–Crippen LogP) is 2.76. The molecule has 7 heteroatoms. The molecule has 0 aliphatic rings. The van der Waals surface area contributed by atoms with Crippen molar-refractivity contribution in [2.24, 2.45) is 0 Å². The average Bonchev–Trinajstić information content (AvgIpc) is 2.89. The van der Waals surface area contributed by atoms with Crippen LogP contribution < -0.4 is 10.0 Å². The summed E-state index contributed by atoms with van der Waals surface area (Å²) in [5.74, 6) is -0.578. The van der Waals surface area contributed by atoms with Crippen molar-refractivity contribution in [3.05, 3.63) is 46.6 Å². The van der Waals surface area contributed by atoms with Gasteiger partial charge in [0.05, 0.1) is 5.69 Å². The van der Waals surface area contributed by atoms with Crippen LogP contribution >= 0.6 is 11.3 Å². The van der Waals surface area contributed by atoms with Gasteiger partial charge < -0.3 is 5.32 Å². The molecule has 0 aliphatic heterocycles. The molecule has 0 aliphatic carbocycles. The summed E-state index contributed by atoms with van der Waals surface area (Å²) in [6.07, 6.45) is 0.760. The van der Waals surface area contributed by atoms with E-state index in [9.17, 15) is 12.8 Å². The van der Waals surface area contributed by atoms with Crippen LogP contribution in [0.4, 0.5) is 10.1 Å². The number of halogens is 1. The zero-order chi connectivity index (χ0) is 15.5. The summed E-state index contributed by atoms with van der Waals surface area (Å²) in [5.41, 5.74) is 0.701. The van der Waals surface area contributed by atoms with Crippen LogP contribution in [0.5, 0.6) is 0 Å². The first-order valence-electron chi connectivity index (χ1n) is 6.44. The van der Waals surface area contributed by atoms with Gasteiger partial charge in [0.15, 0.2) is 0 Å². The van der Waals surface area contributed by atoms with Crippen LogP contribution in [0.25, 0.3) is 0 Å². The lowest BCUT2D eigenvalue weighted by atomic mass is 10.2. The van der Waals surface area contributed by atoms with Gasteiger partial charge in [-0.25, -0.2) is 12.8 Å². The summed E-state index contributed by atoms with van der Waals surface area (Å²) in [6.45, 7) is 2.52. The number of hydrogen-bond donors (Lipinski definition) is 2. The number of rotatable bonds is 6. The molecule has 1 aromatic heterocycles. The highest BCUT2D eigenvalue weighted by atomic mass is 32.2. The number of aryl methyl sites for hydroxylation is 1. The van der Waals surface area contributed by atoms with Gasteiger partial charge in [0.2, 0.25) is 0 Å². The topological polar surface area (TPSA) is 58.2 Å². The van der Waals surface area contributed by atoms with Gasteiger partial charge in [-0.05, 0) is 56.8 Å². The number of thiophene rings is 1. The molecule has 0 saturated heterocycles. The fourth-order valence-electron chi connectivity index (χ4n) is 1.78. The lowest BCUT2D eigenvalue weighted by Gasteiger charge is -2.07. The molecule has 0 saturated carbocycles. The molecule has 0 atom stereocenters. The minimum atomic E-state index is -3.74. The molecule has 2 N–H and O–H groups in total. The largest absolute Gasteiger partial charge is 0.319 e. The molecule has 0 spiro atoms. The lowest BCUT2D eigenvalue weighted by molar-refractivity contribution is 0.600. The Morgan fingerprint density at radius 2 is 2.00 bits per heavy atom. The molecule has 1 heterocycles. The highest BCUT2D eigenvalue weighted by Gasteiger charge is 2.18. The van der Waals surface area contributed by atoms with E-state index in [4.69, 9.17) is 0 Å². The first-order chi connectivity index (χ1) is 9.92. The van der Waals surface area contributed by atoms with E-state index >= 15 is 0 Å². The molecule has 4 nitrogen and oxygen atoms in total. The Morgan fingerprint density at radius 1 is 1.24 bits per heavy atom. The maximum atomic E-state index is 13.7. The first kappa shape index (κ1) is 15.9. The summed E-state index contributed by atoms with van der Waals surface area (Å²) < 4.78 is 40.7. The van der Waals surface area contributed by atoms with E-state index in [1.54, 1.807) is 25.1 Å². The number of nitrogens with one attached hydrogen (secondary N) is 2. The minimum absolute atomic E-state index is 0.0363.